The van der Waals surface area contributed by atoms with Gasteiger partial charge < -0.3 is 10.3 Å². The van der Waals surface area contributed by atoms with Crippen molar-refractivity contribution in [2.75, 3.05) is 14.1 Å². The molecule has 0 aromatic carbocycles. The number of H-pyrrole nitrogens is 1. The second-order valence-corrected chi connectivity index (χ2v) is 7.11. The van der Waals surface area contributed by atoms with E-state index in [1.54, 1.807) is 24.5 Å². The molecule has 0 bridgehead atoms. The maximum absolute atomic E-state index is 12.4. The first kappa shape index (κ1) is 14.3. The second-order valence-electron chi connectivity index (χ2n) is 4.28. The highest BCUT2D eigenvalue weighted by Gasteiger charge is 2.22. The maximum atomic E-state index is 12.4. The minimum Gasteiger partial charge on any atom is -0.363 e. The molecule has 2 aromatic rings. The van der Waals surface area contributed by atoms with Gasteiger partial charge in [-0.3, -0.25) is 0 Å². The van der Waals surface area contributed by atoms with Gasteiger partial charge in [-0.05, 0) is 35.5 Å². The fraction of sp³-hybridized carbons (Fsp3) is 0.333. The van der Waals surface area contributed by atoms with Gasteiger partial charge in [0, 0.05) is 32.0 Å². The summed E-state index contributed by atoms with van der Waals surface area (Å²) in [5.41, 5.74) is 1.85. The average Bonchev–Trinajstić information content (AvgIpc) is 3.00. The lowest BCUT2D eigenvalue weighted by Gasteiger charge is -2.15. The molecule has 0 atom stereocenters. The second kappa shape index (κ2) is 5.87. The number of hydrogen-bond donors (Lipinski definition) is 2. The minimum absolute atomic E-state index is 0.301. The van der Waals surface area contributed by atoms with Crippen LogP contribution in [0.25, 0.3) is 0 Å². The highest BCUT2D eigenvalue weighted by molar-refractivity contribution is 7.89. The predicted molar refractivity (Wildman–Crippen MR) is 76.5 cm³/mol. The predicted octanol–water partition coefficient (Wildman–Crippen LogP) is 1.62. The van der Waals surface area contributed by atoms with Gasteiger partial charge in [-0.1, -0.05) is 0 Å². The van der Waals surface area contributed by atoms with E-state index >= 15 is 0 Å². The van der Waals surface area contributed by atoms with Crippen LogP contribution in [0.4, 0.5) is 0 Å². The molecular formula is C12H17N3O2S2. The first-order valence-electron chi connectivity index (χ1n) is 5.83. The van der Waals surface area contributed by atoms with Crippen molar-refractivity contribution < 1.29 is 8.42 Å². The number of aromatic nitrogens is 1. The third-order valence-corrected chi connectivity index (χ3v) is 5.29. The Kier molecular flexibility index (Phi) is 4.41. The van der Waals surface area contributed by atoms with Crippen LogP contribution in [0.3, 0.4) is 0 Å². The zero-order valence-electron chi connectivity index (χ0n) is 10.9. The first-order valence-corrected chi connectivity index (χ1v) is 8.21. The molecular weight excluding hydrogens is 282 g/mol. The summed E-state index contributed by atoms with van der Waals surface area (Å²) in [7, 11) is -0.0215. The first-order chi connectivity index (χ1) is 9.04. The van der Waals surface area contributed by atoms with Crippen LogP contribution < -0.4 is 5.32 Å². The monoisotopic (exact) mass is 299 g/mol. The van der Waals surface area contributed by atoms with E-state index < -0.39 is 10.0 Å². The number of rotatable bonds is 6. The summed E-state index contributed by atoms with van der Waals surface area (Å²) < 4.78 is 26.1. The van der Waals surface area contributed by atoms with E-state index in [1.807, 2.05) is 23.9 Å². The molecule has 0 fully saturated rings. The Balaban J connectivity index is 2.16. The van der Waals surface area contributed by atoms with Crippen LogP contribution in [-0.2, 0) is 23.1 Å². The summed E-state index contributed by atoms with van der Waals surface area (Å²) in [6.45, 7) is 1.00. The van der Waals surface area contributed by atoms with Gasteiger partial charge in [0.1, 0.15) is 0 Å². The third-order valence-electron chi connectivity index (χ3n) is 2.78. The Morgan fingerprint density at radius 2 is 2.26 bits per heavy atom. The summed E-state index contributed by atoms with van der Waals surface area (Å²) in [6, 6.07) is 3.59. The van der Waals surface area contributed by atoms with Crippen LogP contribution in [-0.4, -0.2) is 31.8 Å². The van der Waals surface area contributed by atoms with Crippen LogP contribution in [0.2, 0.25) is 0 Å². The van der Waals surface area contributed by atoms with Crippen molar-refractivity contribution in [2.45, 2.75) is 18.0 Å². The van der Waals surface area contributed by atoms with E-state index in [0.717, 1.165) is 11.3 Å². The fourth-order valence-electron chi connectivity index (χ4n) is 1.76. The highest BCUT2D eigenvalue weighted by Crippen LogP contribution is 2.18. The van der Waals surface area contributed by atoms with Crippen LogP contribution in [0.15, 0.2) is 34.0 Å². The topological polar surface area (TPSA) is 65.2 Å². The molecule has 0 aliphatic rings. The Labute approximate surface area is 117 Å². The summed E-state index contributed by atoms with van der Waals surface area (Å²) in [5, 5.41) is 6.87. The van der Waals surface area contributed by atoms with E-state index in [0.29, 0.717) is 18.0 Å². The average molecular weight is 299 g/mol. The highest BCUT2D eigenvalue weighted by atomic mass is 32.2. The van der Waals surface area contributed by atoms with Crippen molar-refractivity contribution in [3.8, 4) is 0 Å². The molecule has 0 amide bonds. The molecule has 5 nitrogen and oxygen atoms in total. The quantitative estimate of drug-likeness (QED) is 0.852. The van der Waals surface area contributed by atoms with Gasteiger partial charge in [0.25, 0.3) is 0 Å². The third kappa shape index (κ3) is 3.24. The summed E-state index contributed by atoms with van der Waals surface area (Å²) in [4.78, 5) is 3.26. The van der Waals surface area contributed by atoms with E-state index in [9.17, 15) is 8.42 Å². The lowest BCUT2D eigenvalue weighted by molar-refractivity contribution is 0.467. The van der Waals surface area contributed by atoms with Gasteiger partial charge in [-0.25, -0.2) is 8.42 Å². The molecule has 2 rings (SSSR count). The Morgan fingerprint density at radius 1 is 1.47 bits per heavy atom. The molecule has 0 saturated carbocycles. The van der Waals surface area contributed by atoms with Gasteiger partial charge in [-0.15, -0.1) is 0 Å². The molecule has 104 valence electrons. The van der Waals surface area contributed by atoms with E-state index in [4.69, 9.17) is 0 Å². The number of thiophene rings is 1. The number of aromatic amines is 1. The number of nitrogens with one attached hydrogen (secondary N) is 2. The van der Waals surface area contributed by atoms with Crippen LogP contribution >= 0.6 is 11.3 Å². The largest absolute Gasteiger partial charge is 0.363 e. The normalized spacial score (nSPS) is 12.2. The molecule has 19 heavy (non-hydrogen) atoms. The lowest BCUT2D eigenvalue weighted by Crippen LogP contribution is -2.26. The molecule has 0 radical (unpaired) electrons. The molecule has 0 aliphatic carbocycles. The maximum Gasteiger partial charge on any atom is 0.244 e. The fourth-order valence-corrected chi connectivity index (χ4v) is 3.60. The van der Waals surface area contributed by atoms with Gasteiger partial charge >= 0.3 is 0 Å². The molecule has 2 aromatic heterocycles. The molecule has 0 spiro atoms. The van der Waals surface area contributed by atoms with Crippen molar-refractivity contribution in [2.24, 2.45) is 0 Å². The van der Waals surface area contributed by atoms with Crippen molar-refractivity contribution in [3.05, 3.63) is 40.3 Å². The van der Waals surface area contributed by atoms with Crippen LogP contribution in [0.5, 0.6) is 0 Å². The van der Waals surface area contributed by atoms with Crippen LogP contribution in [0, 0.1) is 0 Å². The molecule has 0 unspecified atom stereocenters. The lowest BCUT2D eigenvalue weighted by atomic mass is 10.3. The van der Waals surface area contributed by atoms with Crippen molar-refractivity contribution in [3.63, 3.8) is 0 Å². The van der Waals surface area contributed by atoms with Crippen LogP contribution in [0.1, 0.15) is 11.3 Å². The van der Waals surface area contributed by atoms with Gasteiger partial charge in [0.05, 0.1) is 4.90 Å². The minimum atomic E-state index is -3.43. The molecule has 0 saturated heterocycles. The van der Waals surface area contributed by atoms with E-state index in [2.05, 4.69) is 10.3 Å². The summed E-state index contributed by atoms with van der Waals surface area (Å²) in [5.74, 6) is 0. The van der Waals surface area contributed by atoms with Gasteiger partial charge in [-0.2, -0.15) is 15.6 Å². The van der Waals surface area contributed by atoms with E-state index in [1.165, 1.54) is 10.5 Å². The Hall–Kier alpha value is -1.15. The number of nitrogens with zero attached hydrogens (tertiary/aromatic N) is 1. The van der Waals surface area contributed by atoms with Crippen molar-refractivity contribution in [1.82, 2.24) is 14.6 Å². The summed E-state index contributed by atoms with van der Waals surface area (Å²) >= 11 is 1.56. The molecule has 7 heteroatoms. The zero-order valence-corrected chi connectivity index (χ0v) is 12.5. The standard InChI is InChI=1S/C12H17N3O2S2/c1-13-6-11-5-12(7-14-11)19(16,17)15(2)8-10-3-4-18-9-10/h3-5,7,9,13-14H,6,8H2,1-2H3. The molecule has 2 N–H and O–H groups in total. The Morgan fingerprint density at radius 3 is 2.89 bits per heavy atom. The summed E-state index contributed by atoms with van der Waals surface area (Å²) in [6.07, 6.45) is 1.53. The number of sulfonamides is 1. The smallest absolute Gasteiger partial charge is 0.244 e. The molecule has 0 aliphatic heterocycles. The zero-order chi connectivity index (χ0) is 13.9. The molecule has 2 heterocycles. The van der Waals surface area contributed by atoms with Crippen molar-refractivity contribution >= 4 is 21.4 Å². The van der Waals surface area contributed by atoms with Gasteiger partial charge in [0.15, 0.2) is 0 Å². The van der Waals surface area contributed by atoms with Crippen molar-refractivity contribution in [1.29, 1.82) is 0 Å². The van der Waals surface area contributed by atoms with E-state index in [-0.39, 0.29) is 0 Å². The SMILES string of the molecule is CNCc1cc(S(=O)(=O)N(C)Cc2ccsc2)c[nH]1. The van der Waals surface area contributed by atoms with Gasteiger partial charge in [0.2, 0.25) is 10.0 Å². The number of hydrogen-bond acceptors (Lipinski definition) is 4. The Bertz CT molecular complexity index is 617.